The van der Waals surface area contributed by atoms with Gasteiger partial charge in [-0.2, -0.15) is 0 Å². The lowest BCUT2D eigenvalue weighted by molar-refractivity contribution is 0.0706. The van der Waals surface area contributed by atoms with Crippen LogP contribution in [0.1, 0.15) is 15.9 Å². The fourth-order valence-electron chi connectivity index (χ4n) is 2.17. The molecule has 0 radical (unpaired) electrons. The van der Waals surface area contributed by atoms with E-state index < -0.39 is 5.91 Å². The molecule has 0 saturated heterocycles. The molecule has 100 valence electrons. The zero-order valence-corrected chi connectivity index (χ0v) is 10.7. The predicted molar refractivity (Wildman–Crippen MR) is 74.5 cm³/mol. The van der Waals surface area contributed by atoms with Crippen molar-refractivity contribution in [3.05, 3.63) is 66.0 Å². The third kappa shape index (κ3) is 2.26. The van der Waals surface area contributed by atoms with Crippen molar-refractivity contribution in [1.29, 1.82) is 0 Å². The van der Waals surface area contributed by atoms with Gasteiger partial charge in [0, 0.05) is 18.9 Å². The molecule has 1 amide bonds. The first-order valence-electron chi connectivity index (χ1n) is 6.21. The van der Waals surface area contributed by atoms with Gasteiger partial charge in [0.1, 0.15) is 0 Å². The van der Waals surface area contributed by atoms with Crippen molar-refractivity contribution < 1.29 is 10.0 Å². The second kappa shape index (κ2) is 5.14. The number of rotatable bonds is 3. The first-order valence-corrected chi connectivity index (χ1v) is 6.21. The summed E-state index contributed by atoms with van der Waals surface area (Å²) in [5.41, 5.74) is 4.79. The number of carbonyl (C=O) groups is 1. The van der Waals surface area contributed by atoms with Gasteiger partial charge in [-0.05, 0) is 17.7 Å². The van der Waals surface area contributed by atoms with Crippen LogP contribution in [0.25, 0.3) is 11.0 Å². The monoisotopic (exact) mass is 267 g/mol. The SMILES string of the molecule is O=C(NO)c1cnc2ccn(Cc3ccccc3)c2c1. The molecular weight excluding hydrogens is 254 g/mol. The van der Waals surface area contributed by atoms with Crippen molar-refractivity contribution in [3.63, 3.8) is 0 Å². The van der Waals surface area contributed by atoms with Crippen molar-refractivity contribution in [2.45, 2.75) is 6.54 Å². The van der Waals surface area contributed by atoms with Crippen molar-refractivity contribution in [2.24, 2.45) is 0 Å². The lowest BCUT2D eigenvalue weighted by Crippen LogP contribution is -2.18. The van der Waals surface area contributed by atoms with Crippen LogP contribution in [0.2, 0.25) is 0 Å². The van der Waals surface area contributed by atoms with E-state index in [1.54, 1.807) is 11.5 Å². The molecule has 2 aromatic heterocycles. The zero-order chi connectivity index (χ0) is 13.9. The molecule has 5 heteroatoms. The molecule has 5 nitrogen and oxygen atoms in total. The number of hydroxylamine groups is 1. The molecule has 0 aliphatic heterocycles. The van der Waals surface area contributed by atoms with Crippen molar-refractivity contribution in [2.75, 3.05) is 0 Å². The highest BCUT2D eigenvalue weighted by Crippen LogP contribution is 2.16. The summed E-state index contributed by atoms with van der Waals surface area (Å²) in [5.74, 6) is -0.563. The quantitative estimate of drug-likeness (QED) is 0.564. The minimum Gasteiger partial charge on any atom is -0.342 e. The average Bonchev–Trinajstić information content (AvgIpc) is 2.90. The number of fused-ring (bicyclic) bond motifs is 1. The van der Waals surface area contributed by atoms with E-state index in [2.05, 4.69) is 4.98 Å². The lowest BCUT2D eigenvalue weighted by atomic mass is 10.2. The Morgan fingerprint density at radius 2 is 2.05 bits per heavy atom. The Balaban J connectivity index is 2.01. The van der Waals surface area contributed by atoms with Gasteiger partial charge in [-0.1, -0.05) is 30.3 Å². The van der Waals surface area contributed by atoms with Gasteiger partial charge >= 0.3 is 0 Å². The van der Waals surface area contributed by atoms with Crippen LogP contribution in [0.15, 0.2) is 54.9 Å². The third-order valence-corrected chi connectivity index (χ3v) is 3.18. The summed E-state index contributed by atoms with van der Waals surface area (Å²) >= 11 is 0. The van der Waals surface area contributed by atoms with Gasteiger partial charge in [0.05, 0.1) is 16.6 Å². The largest absolute Gasteiger partial charge is 0.342 e. The van der Waals surface area contributed by atoms with Gasteiger partial charge in [0.2, 0.25) is 0 Å². The van der Waals surface area contributed by atoms with Crippen LogP contribution in [0.3, 0.4) is 0 Å². The molecule has 0 saturated carbocycles. The highest BCUT2D eigenvalue weighted by Gasteiger charge is 2.09. The van der Waals surface area contributed by atoms with Gasteiger partial charge in [0.15, 0.2) is 0 Å². The molecule has 0 spiro atoms. The van der Waals surface area contributed by atoms with Gasteiger partial charge in [-0.15, -0.1) is 0 Å². The molecule has 20 heavy (non-hydrogen) atoms. The molecule has 0 aliphatic carbocycles. The third-order valence-electron chi connectivity index (χ3n) is 3.18. The molecule has 1 aromatic carbocycles. The topological polar surface area (TPSA) is 67.2 Å². The minimum absolute atomic E-state index is 0.327. The second-order valence-electron chi connectivity index (χ2n) is 4.50. The predicted octanol–water partition coefficient (Wildman–Crippen LogP) is 2.20. The van der Waals surface area contributed by atoms with Crippen molar-refractivity contribution in [1.82, 2.24) is 15.0 Å². The lowest BCUT2D eigenvalue weighted by Gasteiger charge is -2.06. The van der Waals surface area contributed by atoms with E-state index in [0.29, 0.717) is 12.1 Å². The van der Waals surface area contributed by atoms with Gasteiger partial charge in [-0.3, -0.25) is 15.0 Å². The highest BCUT2D eigenvalue weighted by atomic mass is 16.5. The summed E-state index contributed by atoms with van der Waals surface area (Å²) in [6.07, 6.45) is 3.38. The molecule has 0 fully saturated rings. The Bertz CT molecular complexity index is 750. The van der Waals surface area contributed by atoms with E-state index in [1.807, 2.05) is 47.2 Å². The number of hydrogen-bond donors (Lipinski definition) is 2. The van der Waals surface area contributed by atoms with Crippen LogP contribution in [0.5, 0.6) is 0 Å². The summed E-state index contributed by atoms with van der Waals surface area (Å²) in [4.78, 5) is 15.7. The van der Waals surface area contributed by atoms with E-state index >= 15 is 0 Å². The van der Waals surface area contributed by atoms with Crippen LogP contribution in [0.4, 0.5) is 0 Å². The van der Waals surface area contributed by atoms with Crippen LogP contribution in [0, 0.1) is 0 Å². The number of pyridine rings is 1. The Labute approximate surface area is 115 Å². The van der Waals surface area contributed by atoms with Crippen LogP contribution >= 0.6 is 0 Å². The highest BCUT2D eigenvalue weighted by molar-refractivity contribution is 5.96. The van der Waals surface area contributed by atoms with Gasteiger partial charge < -0.3 is 4.57 Å². The first-order chi connectivity index (χ1) is 9.78. The number of nitrogens with one attached hydrogen (secondary N) is 1. The fourth-order valence-corrected chi connectivity index (χ4v) is 2.17. The van der Waals surface area contributed by atoms with Crippen molar-refractivity contribution in [3.8, 4) is 0 Å². The first kappa shape index (κ1) is 12.4. The Kier molecular flexibility index (Phi) is 3.18. The molecule has 0 bridgehead atoms. The minimum atomic E-state index is -0.563. The number of benzene rings is 1. The number of nitrogens with zero attached hydrogens (tertiary/aromatic N) is 2. The second-order valence-corrected chi connectivity index (χ2v) is 4.50. The summed E-state index contributed by atoms with van der Waals surface area (Å²) < 4.78 is 2.02. The molecule has 2 heterocycles. The summed E-state index contributed by atoms with van der Waals surface area (Å²) in [5, 5.41) is 8.68. The van der Waals surface area contributed by atoms with Crippen LogP contribution < -0.4 is 5.48 Å². The molecule has 0 unspecified atom stereocenters. The summed E-state index contributed by atoms with van der Waals surface area (Å²) in [6, 6.07) is 13.7. The van der Waals surface area contributed by atoms with Gasteiger partial charge in [-0.25, -0.2) is 5.48 Å². The van der Waals surface area contributed by atoms with E-state index in [0.717, 1.165) is 11.0 Å². The Morgan fingerprint density at radius 1 is 1.25 bits per heavy atom. The standard InChI is InChI=1S/C15H13N3O2/c19-15(17-20)12-8-14-13(16-9-12)6-7-18(14)10-11-4-2-1-3-5-11/h1-9,20H,10H2,(H,17,19). The van der Waals surface area contributed by atoms with E-state index in [4.69, 9.17) is 5.21 Å². The maximum atomic E-state index is 11.4. The smallest absolute Gasteiger partial charge is 0.276 e. The summed E-state index contributed by atoms with van der Waals surface area (Å²) in [6.45, 7) is 0.705. The van der Waals surface area contributed by atoms with E-state index in [-0.39, 0.29) is 0 Å². The van der Waals surface area contributed by atoms with E-state index in [9.17, 15) is 4.79 Å². The zero-order valence-electron chi connectivity index (χ0n) is 10.7. The fraction of sp³-hybridized carbons (Fsp3) is 0.0667. The number of hydrogen-bond acceptors (Lipinski definition) is 3. The van der Waals surface area contributed by atoms with Gasteiger partial charge in [0.25, 0.3) is 5.91 Å². The molecule has 0 aliphatic rings. The molecule has 3 rings (SSSR count). The molecule has 2 N–H and O–H groups in total. The molecule has 3 aromatic rings. The number of aromatic nitrogens is 2. The van der Waals surface area contributed by atoms with E-state index in [1.165, 1.54) is 11.8 Å². The summed E-state index contributed by atoms with van der Waals surface area (Å²) in [7, 11) is 0. The Morgan fingerprint density at radius 3 is 2.80 bits per heavy atom. The van der Waals surface area contributed by atoms with Crippen LogP contribution in [-0.4, -0.2) is 20.7 Å². The Hall–Kier alpha value is -2.66. The number of carbonyl (C=O) groups excluding carboxylic acids is 1. The number of amides is 1. The van der Waals surface area contributed by atoms with Crippen molar-refractivity contribution >= 4 is 16.9 Å². The normalized spacial score (nSPS) is 10.7. The maximum absolute atomic E-state index is 11.4. The van der Waals surface area contributed by atoms with Crippen LogP contribution in [-0.2, 0) is 6.54 Å². The maximum Gasteiger partial charge on any atom is 0.276 e. The average molecular weight is 267 g/mol. The molecular formula is C15H13N3O2. The molecule has 0 atom stereocenters.